The van der Waals surface area contributed by atoms with Crippen molar-refractivity contribution in [3.8, 4) is 0 Å². The second-order valence-electron chi connectivity index (χ2n) is 6.68. The number of amides is 1. The molecule has 2 aromatic rings. The van der Waals surface area contributed by atoms with Crippen molar-refractivity contribution in [2.75, 3.05) is 11.9 Å². The fraction of sp³-hybridized carbons (Fsp3) is 0.350. The van der Waals surface area contributed by atoms with Gasteiger partial charge >= 0.3 is 0 Å². The van der Waals surface area contributed by atoms with Gasteiger partial charge in [-0.3, -0.25) is 4.79 Å². The molecule has 0 aliphatic heterocycles. The van der Waals surface area contributed by atoms with E-state index in [4.69, 9.17) is 0 Å². The van der Waals surface area contributed by atoms with Crippen LogP contribution in [0.1, 0.15) is 37.8 Å². The molecule has 5 nitrogen and oxygen atoms in total. The molecule has 0 heterocycles. The van der Waals surface area contributed by atoms with Crippen LogP contribution in [-0.4, -0.2) is 26.1 Å². The Labute approximate surface area is 155 Å². The zero-order chi connectivity index (χ0) is 19.2. The Hall–Kier alpha value is -2.18. The highest BCUT2D eigenvalue weighted by atomic mass is 32.2. The topological polar surface area (TPSA) is 75.3 Å². The van der Waals surface area contributed by atoms with Crippen molar-refractivity contribution in [3.05, 3.63) is 65.7 Å². The number of anilines is 1. The molecule has 1 unspecified atom stereocenters. The molecule has 26 heavy (non-hydrogen) atoms. The monoisotopic (exact) mass is 374 g/mol. The van der Waals surface area contributed by atoms with Crippen molar-refractivity contribution in [2.45, 2.75) is 38.4 Å². The molecule has 6 heteroatoms. The van der Waals surface area contributed by atoms with Crippen LogP contribution in [-0.2, 0) is 21.2 Å². The van der Waals surface area contributed by atoms with Gasteiger partial charge in [-0.2, -0.15) is 0 Å². The quantitative estimate of drug-likeness (QED) is 0.744. The lowest BCUT2D eigenvalue weighted by atomic mass is 10.0. The summed E-state index contributed by atoms with van der Waals surface area (Å²) < 4.78 is 26.3. The Balaban J connectivity index is 1.90. The van der Waals surface area contributed by atoms with Crippen LogP contribution in [0.25, 0.3) is 0 Å². The van der Waals surface area contributed by atoms with Crippen molar-refractivity contribution in [2.24, 2.45) is 0 Å². The Kier molecular flexibility index (Phi) is 6.94. The van der Waals surface area contributed by atoms with Gasteiger partial charge in [-0.25, -0.2) is 13.1 Å². The van der Waals surface area contributed by atoms with Crippen LogP contribution in [0.5, 0.6) is 0 Å². The third kappa shape index (κ3) is 5.97. The number of hydrogen-bond acceptors (Lipinski definition) is 3. The predicted molar refractivity (Wildman–Crippen MR) is 106 cm³/mol. The van der Waals surface area contributed by atoms with Gasteiger partial charge in [-0.05, 0) is 43.0 Å². The maximum atomic E-state index is 12.1. The summed E-state index contributed by atoms with van der Waals surface area (Å²) in [7, 11) is -3.26. The second kappa shape index (κ2) is 8.96. The normalized spacial score (nSPS) is 12.8. The van der Waals surface area contributed by atoms with Gasteiger partial charge in [0.05, 0.1) is 11.7 Å². The smallest absolute Gasteiger partial charge is 0.228 e. The summed E-state index contributed by atoms with van der Waals surface area (Å²) in [4.78, 5) is 12.1. The summed E-state index contributed by atoms with van der Waals surface area (Å²) in [6, 6.07) is 17.1. The van der Waals surface area contributed by atoms with Gasteiger partial charge < -0.3 is 5.32 Å². The lowest BCUT2D eigenvalue weighted by Crippen LogP contribution is -2.33. The third-order valence-corrected chi connectivity index (χ3v) is 5.99. The molecule has 0 bridgehead atoms. The van der Waals surface area contributed by atoms with Crippen molar-refractivity contribution >= 4 is 21.6 Å². The Morgan fingerprint density at radius 2 is 1.58 bits per heavy atom. The van der Waals surface area contributed by atoms with E-state index in [1.54, 1.807) is 13.8 Å². The third-order valence-electron chi connectivity index (χ3n) is 4.18. The lowest BCUT2D eigenvalue weighted by molar-refractivity contribution is -0.115. The average Bonchev–Trinajstić information content (AvgIpc) is 2.61. The van der Waals surface area contributed by atoms with Crippen molar-refractivity contribution in [3.63, 3.8) is 0 Å². The van der Waals surface area contributed by atoms with Crippen LogP contribution in [0, 0.1) is 0 Å². The molecule has 0 radical (unpaired) electrons. The minimum Gasteiger partial charge on any atom is -0.326 e. The van der Waals surface area contributed by atoms with E-state index < -0.39 is 15.3 Å². The van der Waals surface area contributed by atoms with E-state index in [1.807, 2.05) is 61.5 Å². The minimum absolute atomic E-state index is 0.0394. The van der Waals surface area contributed by atoms with Gasteiger partial charge in [0.1, 0.15) is 0 Å². The van der Waals surface area contributed by atoms with E-state index in [1.165, 1.54) is 0 Å². The predicted octanol–water partition coefficient (Wildman–Crippen LogP) is 3.30. The SMILES string of the molecule is CC(CNS(=O)(=O)C(C)C)c1ccc(NC(=O)Cc2ccccc2)cc1. The maximum absolute atomic E-state index is 12.1. The van der Waals surface area contributed by atoms with Crippen LogP contribution >= 0.6 is 0 Å². The molecule has 0 fully saturated rings. The van der Waals surface area contributed by atoms with Crippen molar-refractivity contribution in [1.29, 1.82) is 0 Å². The maximum Gasteiger partial charge on any atom is 0.228 e. The number of sulfonamides is 1. The molecule has 2 N–H and O–H groups in total. The number of hydrogen-bond donors (Lipinski definition) is 2. The summed E-state index contributed by atoms with van der Waals surface area (Å²) in [5.74, 6) is -0.0284. The minimum atomic E-state index is -3.26. The van der Waals surface area contributed by atoms with Gasteiger partial charge in [0.25, 0.3) is 0 Å². The van der Waals surface area contributed by atoms with Gasteiger partial charge in [0, 0.05) is 12.2 Å². The molecule has 1 atom stereocenters. The molecule has 1 amide bonds. The molecule has 140 valence electrons. The van der Waals surface area contributed by atoms with Crippen molar-refractivity contribution in [1.82, 2.24) is 4.72 Å². The van der Waals surface area contributed by atoms with Crippen LogP contribution in [0.15, 0.2) is 54.6 Å². The van der Waals surface area contributed by atoms with E-state index in [0.29, 0.717) is 13.0 Å². The Bertz CT molecular complexity index is 816. The van der Waals surface area contributed by atoms with E-state index in [9.17, 15) is 13.2 Å². The highest BCUT2D eigenvalue weighted by Crippen LogP contribution is 2.18. The molecule has 2 rings (SSSR count). The Morgan fingerprint density at radius 1 is 0.962 bits per heavy atom. The van der Waals surface area contributed by atoms with E-state index in [0.717, 1.165) is 16.8 Å². The van der Waals surface area contributed by atoms with Gasteiger partial charge in [-0.15, -0.1) is 0 Å². The highest BCUT2D eigenvalue weighted by molar-refractivity contribution is 7.90. The van der Waals surface area contributed by atoms with Crippen molar-refractivity contribution < 1.29 is 13.2 Å². The number of nitrogens with one attached hydrogen (secondary N) is 2. The van der Waals surface area contributed by atoms with E-state index >= 15 is 0 Å². The number of carbonyl (C=O) groups excluding carboxylic acids is 1. The Morgan fingerprint density at radius 3 is 2.15 bits per heavy atom. The van der Waals surface area contributed by atoms with Gasteiger partial charge in [0.15, 0.2) is 0 Å². The summed E-state index contributed by atoms with van der Waals surface area (Å²) >= 11 is 0. The molecule has 0 aliphatic rings. The van der Waals surface area contributed by atoms with E-state index in [2.05, 4.69) is 10.0 Å². The molecule has 0 spiro atoms. The molecule has 0 saturated heterocycles. The number of carbonyl (C=O) groups is 1. The summed E-state index contributed by atoms with van der Waals surface area (Å²) in [5.41, 5.74) is 2.70. The molecular formula is C20H26N2O3S. The summed E-state index contributed by atoms with van der Waals surface area (Å²) in [5, 5.41) is 2.43. The number of benzene rings is 2. The fourth-order valence-electron chi connectivity index (χ4n) is 2.41. The van der Waals surface area contributed by atoms with Gasteiger partial charge in [0.2, 0.25) is 15.9 Å². The molecule has 0 aliphatic carbocycles. The van der Waals surface area contributed by atoms with Crippen LogP contribution in [0.3, 0.4) is 0 Å². The first-order valence-corrected chi connectivity index (χ1v) is 10.2. The largest absolute Gasteiger partial charge is 0.326 e. The average molecular weight is 375 g/mol. The molecule has 2 aromatic carbocycles. The van der Waals surface area contributed by atoms with Crippen LogP contribution < -0.4 is 10.0 Å². The first kappa shape index (κ1) is 20.1. The number of rotatable bonds is 8. The van der Waals surface area contributed by atoms with Gasteiger partial charge in [-0.1, -0.05) is 49.4 Å². The standard InChI is InChI=1S/C20H26N2O3S/c1-15(2)26(24,25)21-14-16(3)18-9-11-19(12-10-18)22-20(23)13-17-7-5-4-6-8-17/h4-12,15-16,21H,13-14H2,1-3H3,(H,22,23). The molecule has 0 aromatic heterocycles. The molecule has 0 saturated carbocycles. The summed E-state index contributed by atoms with van der Waals surface area (Å²) in [6.45, 7) is 5.62. The second-order valence-corrected chi connectivity index (χ2v) is 9.00. The lowest BCUT2D eigenvalue weighted by Gasteiger charge is -2.15. The zero-order valence-corrected chi connectivity index (χ0v) is 16.2. The first-order valence-electron chi connectivity index (χ1n) is 8.70. The zero-order valence-electron chi connectivity index (χ0n) is 15.4. The van der Waals surface area contributed by atoms with E-state index in [-0.39, 0.29) is 11.8 Å². The van der Waals surface area contributed by atoms with Crippen LogP contribution in [0.2, 0.25) is 0 Å². The summed E-state index contributed by atoms with van der Waals surface area (Å²) in [6.07, 6.45) is 0.329. The highest BCUT2D eigenvalue weighted by Gasteiger charge is 2.17. The van der Waals surface area contributed by atoms with Crippen LogP contribution in [0.4, 0.5) is 5.69 Å². The first-order chi connectivity index (χ1) is 12.3. The fourth-order valence-corrected chi connectivity index (χ4v) is 3.22. The molecular weight excluding hydrogens is 348 g/mol.